The maximum Gasteiger partial charge on any atom is 0.240 e. The molecular formula is C24H34N4O3S. The molecule has 32 heavy (non-hydrogen) atoms. The van der Waals surface area contributed by atoms with Gasteiger partial charge in [0.15, 0.2) is 0 Å². The number of benzene rings is 2. The number of nitrogens with one attached hydrogen (secondary N) is 2. The molecule has 1 fully saturated rings. The van der Waals surface area contributed by atoms with Gasteiger partial charge < -0.3 is 5.32 Å². The van der Waals surface area contributed by atoms with E-state index in [0.717, 1.165) is 44.8 Å². The van der Waals surface area contributed by atoms with Gasteiger partial charge in [0.25, 0.3) is 0 Å². The first-order valence-electron chi connectivity index (χ1n) is 11.2. The topological polar surface area (TPSA) is 81.7 Å². The van der Waals surface area contributed by atoms with Crippen molar-refractivity contribution < 1.29 is 13.2 Å². The number of amides is 1. The summed E-state index contributed by atoms with van der Waals surface area (Å²) < 4.78 is 27.5. The summed E-state index contributed by atoms with van der Waals surface area (Å²) in [5, 5.41) is 2.90. The predicted octanol–water partition coefficient (Wildman–Crippen LogP) is 1.91. The Morgan fingerprint density at radius 2 is 1.62 bits per heavy atom. The van der Waals surface area contributed by atoms with Gasteiger partial charge in [-0.15, -0.1) is 0 Å². The lowest BCUT2D eigenvalue weighted by Gasteiger charge is -2.34. The molecular weight excluding hydrogens is 424 g/mol. The Balaban J connectivity index is 1.31. The number of piperazine rings is 1. The molecule has 0 atom stereocenters. The van der Waals surface area contributed by atoms with Gasteiger partial charge in [-0.05, 0) is 36.6 Å². The van der Waals surface area contributed by atoms with E-state index in [1.165, 1.54) is 5.56 Å². The van der Waals surface area contributed by atoms with Gasteiger partial charge in [-0.1, -0.05) is 42.5 Å². The standard InChI is InChI=1S/C24H34N4O3S/c1-20-8-9-21(2)23(18-20)32(30,31)26-11-10-24(29)25-12-13-27-14-16-28(17-15-27)19-22-6-4-3-5-7-22/h3-9,18,26H,10-17,19H2,1-2H3,(H,25,29). The first kappa shape index (κ1) is 24.4. The van der Waals surface area contributed by atoms with E-state index in [4.69, 9.17) is 0 Å². The Kier molecular flexibility index (Phi) is 8.81. The lowest BCUT2D eigenvalue weighted by atomic mass is 10.2. The number of carbonyl (C=O) groups is 1. The number of rotatable bonds is 10. The highest BCUT2D eigenvalue weighted by Crippen LogP contribution is 2.16. The average Bonchev–Trinajstić information content (AvgIpc) is 2.77. The largest absolute Gasteiger partial charge is 0.355 e. The molecule has 2 aromatic carbocycles. The second-order valence-electron chi connectivity index (χ2n) is 8.37. The number of hydrogen-bond acceptors (Lipinski definition) is 5. The maximum atomic E-state index is 12.5. The average molecular weight is 459 g/mol. The van der Waals surface area contributed by atoms with Crippen molar-refractivity contribution >= 4 is 15.9 Å². The monoisotopic (exact) mass is 458 g/mol. The van der Waals surface area contributed by atoms with Crippen molar-refractivity contribution in [3.8, 4) is 0 Å². The highest BCUT2D eigenvalue weighted by atomic mass is 32.2. The Bertz CT molecular complexity index is 988. The summed E-state index contributed by atoms with van der Waals surface area (Å²) in [6, 6.07) is 15.8. The number of nitrogens with zero attached hydrogens (tertiary/aromatic N) is 2. The van der Waals surface area contributed by atoms with E-state index in [-0.39, 0.29) is 23.8 Å². The highest BCUT2D eigenvalue weighted by molar-refractivity contribution is 7.89. The minimum absolute atomic E-state index is 0.0830. The Labute approximate surface area is 191 Å². The third-order valence-electron chi connectivity index (χ3n) is 5.74. The predicted molar refractivity (Wildman–Crippen MR) is 127 cm³/mol. The summed E-state index contributed by atoms with van der Waals surface area (Å²) >= 11 is 0. The van der Waals surface area contributed by atoms with Crippen LogP contribution in [0.15, 0.2) is 53.4 Å². The van der Waals surface area contributed by atoms with Crippen LogP contribution < -0.4 is 10.0 Å². The molecule has 0 radical (unpaired) electrons. The Morgan fingerprint density at radius 3 is 2.34 bits per heavy atom. The lowest BCUT2D eigenvalue weighted by Crippen LogP contribution is -2.48. The van der Waals surface area contributed by atoms with Crippen molar-refractivity contribution in [1.29, 1.82) is 0 Å². The fraction of sp³-hybridized carbons (Fsp3) is 0.458. The number of hydrogen-bond donors (Lipinski definition) is 2. The van der Waals surface area contributed by atoms with E-state index in [1.807, 2.05) is 19.1 Å². The van der Waals surface area contributed by atoms with Crippen LogP contribution >= 0.6 is 0 Å². The second kappa shape index (κ2) is 11.6. The molecule has 0 aliphatic carbocycles. The van der Waals surface area contributed by atoms with Crippen LogP contribution in [0.2, 0.25) is 0 Å². The molecule has 0 bridgehead atoms. The van der Waals surface area contributed by atoms with Crippen molar-refractivity contribution in [2.45, 2.75) is 31.7 Å². The molecule has 3 rings (SSSR count). The summed E-state index contributed by atoms with van der Waals surface area (Å²) in [5.41, 5.74) is 2.91. The molecule has 2 N–H and O–H groups in total. The van der Waals surface area contributed by atoms with E-state index in [0.29, 0.717) is 12.1 Å². The molecule has 1 amide bonds. The van der Waals surface area contributed by atoms with E-state index < -0.39 is 10.0 Å². The molecule has 0 aromatic heterocycles. The van der Waals surface area contributed by atoms with Crippen molar-refractivity contribution in [3.63, 3.8) is 0 Å². The minimum Gasteiger partial charge on any atom is -0.355 e. The Hall–Kier alpha value is -2.26. The van der Waals surface area contributed by atoms with Gasteiger partial charge in [0.1, 0.15) is 0 Å². The molecule has 1 heterocycles. The summed E-state index contributed by atoms with van der Waals surface area (Å²) in [6.45, 7) is 10.1. The molecule has 2 aromatic rings. The van der Waals surface area contributed by atoms with Gasteiger partial charge in [-0.3, -0.25) is 14.6 Å². The van der Waals surface area contributed by atoms with Crippen LogP contribution in [-0.2, 0) is 21.4 Å². The van der Waals surface area contributed by atoms with E-state index >= 15 is 0 Å². The van der Waals surface area contributed by atoms with Crippen molar-refractivity contribution in [3.05, 3.63) is 65.2 Å². The smallest absolute Gasteiger partial charge is 0.240 e. The number of carbonyl (C=O) groups excluding carboxylic acids is 1. The van der Waals surface area contributed by atoms with Gasteiger partial charge >= 0.3 is 0 Å². The van der Waals surface area contributed by atoms with Crippen molar-refractivity contribution in [1.82, 2.24) is 19.8 Å². The summed E-state index contributed by atoms with van der Waals surface area (Å²) in [4.78, 5) is 17.2. The fourth-order valence-electron chi connectivity index (χ4n) is 3.83. The maximum absolute atomic E-state index is 12.5. The highest BCUT2D eigenvalue weighted by Gasteiger charge is 2.18. The van der Waals surface area contributed by atoms with Crippen LogP contribution in [0.5, 0.6) is 0 Å². The van der Waals surface area contributed by atoms with Gasteiger partial charge in [0, 0.05) is 58.8 Å². The van der Waals surface area contributed by atoms with Crippen LogP contribution in [0.4, 0.5) is 0 Å². The van der Waals surface area contributed by atoms with Gasteiger partial charge in [0.05, 0.1) is 4.90 Å². The molecule has 174 valence electrons. The fourth-order valence-corrected chi connectivity index (χ4v) is 5.19. The lowest BCUT2D eigenvalue weighted by molar-refractivity contribution is -0.121. The third-order valence-corrected chi connectivity index (χ3v) is 7.34. The molecule has 1 aliphatic heterocycles. The van der Waals surface area contributed by atoms with Crippen LogP contribution in [0, 0.1) is 13.8 Å². The summed E-state index contributed by atoms with van der Waals surface area (Å²) in [5.74, 6) is -0.142. The molecule has 7 nitrogen and oxygen atoms in total. The molecule has 0 spiro atoms. The van der Waals surface area contributed by atoms with Crippen LogP contribution in [0.3, 0.4) is 0 Å². The SMILES string of the molecule is Cc1ccc(C)c(S(=O)(=O)NCCC(=O)NCCN2CCN(Cc3ccccc3)CC2)c1. The van der Waals surface area contributed by atoms with Crippen molar-refractivity contribution in [2.75, 3.05) is 45.8 Å². The van der Waals surface area contributed by atoms with Gasteiger partial charge in [-0.25, -0.2) is 13.1 Å². The minimum atomic E-state index is -3.62. The quantitative estimate of drug-likeness (QED) is 0.568. The van der Waals surface area contributed by atoms with Crippen LogP contribution in [0.25, 0.3) is 0 Å². The molecule has 1 aliphatic rings. The van der Waals surface area contributed by atoms with Crippen LogP contribution in [-0.4, -0.2) is 69.9 Å². The molecule has 1 saturated heterocycles. The van der Waals surface area contributed by atoms with E-state index in [2.05, 4.69) is 44.1 Å². The Morgan fingerprint density at radius 1 is 0.938 bits per heavy atom. The molecule has 8 heteroatoms. The summed E-state index contributed by atoms with van der Waals surface area (Å²) in [6.07, 6.45) is 0.120. The first-order valence-corrected chi connectivity index (χ1v) is 12.6. The summed E-state index contributed by atoms with van der Waals surface area (Å²) in [7, 11) is -3.62. The zero-order valence-electron chi connectivity index (χ0n) is 19.0. The second-order valence-corrected chi connectivity index (χ2v) is 10.1. The number of aryl methyl sites for hydroxylation is 2. The van der Waals surface area contributed by atoms with Gasteiger partial charge in [-0.2, -0.15) is 0 Å². The van der Waals surface area contributed by atoms with Gasteiger partial charge in [0.2, 0.25) is 15.9 Å². The molecule has 0 unspecified atom stereocenters. The van der Waals surface area contributed by atoms with Crippen LogP contribution in [0.1, 0.15) is 23.1 Å². The molecule has 0 saturated carbocycles. The zero-order chi connectivity index (χ0) is 23.0. The van der Waals surface area contributed by atoms with E-state index in [1.54, 1.807) is 19.1 Å². The van der Waals surface area contributed by atoms with Crippen molar-refractivity contribution in [2.24, 2.45) is 0 Å². The third kappa shape index (κ3) is 7.41. The van der Waals surface area contributed by atoms with E-state index in [9.17, 15) is 13.2 Å². The number of sulfonamides is 1. The first-order chi connectivity index (χ1) is 15.3. The normalized spacial score (nSPS) is 15.6. The zero-order valence-corrected chi connectivity index (χ0v) is 19.8.